The number of nitrogens with zero attached hydrogens (tertiary/aromatic N) is 2. The van der Waals surface area contributed by atoms with E-state index >= 15 is 0 Å². The number of hydrogen-bond donors (Lipinski definition) is 0. The molecule has 14 aromatic carbocycles. The van der Waals surface area contributed by atoms with Gasteiger partial charge in [-0.1, -0.05) is 231 Å². The molecule has 0 spiro atoms. The third kappa shape index (κ3) is 6.65. The van der Waals surface area contributed by atoms with Crippen LogP contribution >= 0.6 is 0 Å². The molecule has 4 heteroatoms. The maximum atomic E-state index is 6.83. The number of benzene rings is 14. The van der Waals surface area contributed by atoms with Crippen LogP contribution in [0.1, 0.15) is 22.3 Å². The van der Waals surface area contributed by atoms with Gasteiger partial charge in [-0.3, -0.25) is 0 Å². The second-order valence-electron chi connectivity index (χ2n) is 21.4. The smallest absolute Gasteiger partial charge is 0.159 e. The van der Waals surface area contributed by atoms with Crippen molar-refractivity contribution in [1.82, 2.24) is 0 Å². The molecule has 4 nitrogen and oxygen atoms in total. The van der Waals surface area contributed by atoms with Gasteiger partial charge in [0.2, 0.25) is 0 Å². The Balaban J connectivity index is 0.907. The Hall–Kier alpha value is -10.7. The molecule has 0 unspecified atom stereocenters. The molecule has 0 aliphatic heterocycles. The molecular weight excluding hydrogens is 985 g/mol. The highest BCUT2D eigenvalue weighted by Crippen LogP contribution is 2.61. The average molecular weight is 1030 g/mol. The van der Waals surface area contributed by atoms with Gasteiger partial charge in [0.15, 0.2) is 11.2 Å². The number of rotatable bonds is 8. The van der Waals surface area contributed by atoms with Gasteiger partial charge in [-0.15, -0.1) is 0 Å². The number of para-hydroxylation sites is 4. The van der Waals surface area contributed by atoms with Gasteiger partial charge in [-0.25, -0.2) is 0 Å². The van der Waals surface area contributed by atoms with E-state index in [4.69, 9.17) is 8.83 Å². The van der Waals surface area contributed by atoms with Crippen LogP contribution < -0.4 is 9.80 Å². The zero-order chi connectivity index (χ0) is 53.2. The van der Waals surface area contributed by atoms with Crippen LogP contribution in [-0.2, 0) is 5.41 Å². The van der Waals surface area contributed by atoms with Crippen LogP contribution in [0.25, 0.3) is 98.1 Å². The summed E-state index contributed by atoms with van der Waals surface area (Å²) in [6.45, 7) is 0. The first-order valence-electron chi connectivity index (χ1n) is 27.8. The molecule has 0 atom stereocenters. The summed E-state index contributed by atoms with van der Waals surface area (Å²) in [7, 11) is 0. The van der Waals surface area contributed by atoms with Crippen LogP contribution in [0.15, 0.2) is 300 Å². The lowest BCUT2D eigenvalue weighted by molar-refractivity contribution is 0.669. The van der Waals surface area contributed by atoms with Crippen molar-refractivity contribution < 1.29 is 8.83 Å². The van der Waals surface area contributed by atoms with E-state index in [0.717, 1.165) is 99.5 Å². The maximum Gasteiger partial charge on any atom is 0.159 e. The summed E-state index contributed by atoms with van der Waals surface area (Å²) in [5.74, 6) is 0. The third-order valence-electron chi connectivity index (χ3n) is 17.2. The summed E-state index contributed by atoms with van der Waals surface area (Å²) in [6, 6.07) is 106. The van der Waals surface area contributed by atoms with Gasteiger partial charge < -0.3 is 18.6 Å². The SMILES string of the molecule is c1ccc(C2(c3ccccc3)c3c(ccc4cc(N(c5cccc6ccccc56)c5cccc6c5oc5ccccc56)ccc34)-c3ccc4cc(N(c5cccc6ccccc56)c5cccc6c5oc5ccccc56)ccc4c32)cc1. The van der Waals surface area contributed by atoms with Crippen molar-refractivity contribution in [1.29, 1.82) is 0 Å². The van der Waals surface area contributed by atoms with Crippen molar-refractivity contribution in [2.75, 3.05) is 9.80 Å². The van der Waals surface area contributed by atoms with E-state index in [2.05, 4.69) is 289 Å². The Morgan fingerprint density at radius 1 is 0.247 bits per heavy atom. The van der Waals surface area contributed by atoms with Gasteiger partial charge in [0.1, 0.15) is 11.2 Å². The fraction of sp³-hybridized carbons (Fsp3) is 0.0130. The van der Waals surface area contributed by atoms with Crippen LogP contribution in [0.5, 0.6) is 0 Å². The van der Waals surface area contributed by atoms with E-state index < -0.39 is 5.41 Å². The fourth-order valence-corrected chi connectivity index (χ4v) is 13.9. The van der Waals surface area contributed by atoms with Crippen LogP contribution in [0.3, 0.4) is 0 Å². The Kier molecular flexibility index (Phi) is 9.89. The maximum absolute atomic E-state index is 6.83. The Morgan fingerprint density at radius 2 is 0.617 bits per heavy atom. The van der Waals surface area contributed by atoms with Crippen LogP contribution in [0.4, 0.5) is 34.1 Å². The van der Waals surface area contributed by atoms with Crippen LogP contribution in [-0.4, -0.2) is 0 Å². The van der Waals surface area contributed by atoms with E-state index in [1.807, 2.05) is 12.1 Å². The first kappa shape index (κ1) is 45.3. The van der Waals surface area contributed by atoms with E-state index in [9.17, 15) is 0 Å². The molecule has 1 aliphatic carbocycles. The molecular formula is C77H48N2O2. The lowest BCUT2D eigenvalue weighted by Gasteiger charge is -2.36. The summed E-state index contributed by atoms with van der Waals surface area (Å²) >= 11 is 0. The molecule has 0 fully saturated rings. The molecule has 2 aromatic heterocycles. The average Bonchev–Trinajstić information content (AvgIpc) is 4.01. The Morgan fingerprint density at radius 3 is 1.09 bits per heavy atom. The predicted octanol–water partition coefficient (Wildman–Crippen LogP) is 21.4. The van der Waals surface area contributed by atoms with Crippen molar-refractivity contribution in [3.8, 4) is 11.1 Å². The van der Waals surface area contributed by atoms with Gasteiger partial charge in [0.05, 0.1) is 28.2 Å². The largest absolute Gasteiger partial charge is 0.454 e. The van der Waals surface area contributed by atoms with Gasteiger partial charge in [-0.2, -0.15) is 0 Å². The topological polar surface area (TPSA) is 32.8 Å². The molecule has 81 heavy (non-hydrogen) atoms. The first-order chi connectivity index (χ1) is 40.2. The van der Waals surface area contributed by atoms with E-state index in [-0.39, 0.29) is 0 Å². The molecule has 16 aromatic rings. The Labute approximate surface area is 467 Å². The summed E-state index contributed by atoms with van der Waals surface area (Å²) in [4.78, 5) is 4.80. The standard InChI is InChI=1S/C77H48N2O2/c1-3-23-53(24-4-1)77(54-25-5-2-6-26-54)73-59-45-41-55(78(67-33-15-21-49-19-7-9-27-57(49)67)69-35-17-31-65-61-29-11-13-37-71(61)80-75(65)69)47-51(59)39-43-63(73)64-44-40-52-48-56(42-46-60(52)74(64)77)79(68-34-16-22-50-20-8-10-28-58(50)68)70-36-18-32-66-62-30-12-14-38-72(62)81-76(66)70/h1-48H. The number of hydrogen-bond acceptors (Lipinski definition) is 4. The quantitative estimate of drug-likeness (QED) is 0.152. The molecule has 0 saturated heterocycles. The monoisotopic (exact) mass is 1030 g/mol. The first-order valence-corrected chi connectivity index (χ1v) is 27.8. The highest BCUT2D eigenvalue weighted by atomic mass is 16.3. The molecule has 0 radical (unpaired) electrons. The molecule has 1 aliphatic rings. The molecule has 0 bridgehead atoms. The molecule has 0 N–H and O–H groups in total. The van der Waals surface area contributed by atoms with Gasteiger partial charge in [-0.05, 0) is 126 Å². The van der Waals surface area contributed by atoms with E-state index in [1.165, 1.54) is 54.9 Å². The number of anilines is 6. The highest BCUT2D eigenvalue weighted by molar-refractivity contribution is 6.15. The minimum absolute atomic E-state index is 0.709. The molecule has 0 saturated carbocycles. The molecule has 0 amide bonds. The number of furan rings is 2. The summed E-state index contributed by atoms with van der Waals surface area (Å²) in [5.41, 5.74) is 16.4. The molecule has 17 rings (SSSR count). The van der Waals surface area contributed by atoms with Crippen molar-refractivity contribution in [3.63, 3.8) is 0 Å². The van der Waals surface area contributed by atoms with E-state index in [1.54, 1.807) is 0 Å². The summed E-state index contributed by atoms with van der Waals surface area (Å²) in [6.07, 6.45) is 0. The third-order valence-corrected chi connectivity index (χ3v) is 17.2. The van der Waals surface area contributed by atoms with Gasteiger partial charge >= 0.3 is 0 Å². The highest BCUT2D eigenvalue weighted by Gasteiger charge is 2.48. The molecule has 378 valence electrons. The number of fused-ring (bicyclic) bond motifs is 15. The minimum atomic E-state index is -0.709. The Bertz CT molecular complexity index is 4870. The lowest BCUT2D eigenvalue weighted by Crippen LogP contribution is -2.29. The second-order valence-corrected chi connectivity index (χ2v) is 21.4. The van der Waals surface area contributed by atoms with Crippen molar-refractivity contribution in [2.24, 2.45) is 0 Å². The predicted molar refractivity (Wildman–Crippen MR) is 338 cm³/mol. The minimum Gasteiger partial charge on any atom is -0.454 e. The summed E-state index contributed by atoms with van der Waals surface area (Å²) in [5, 5.41) is 13.7. The van der Waals surface area contributed by atoms with Crippen molar-refractivity contribution >= 4 is 121 Å². The zero-order valence-electron chi connectivity index (χ0n) is 43.9. The van der Waals surface area contributed by atoms with Crippen LogP contribution in [0.2, 0.25) is 0 Å². The fourth-order valence-electron chi connectivity index (χ4n) is 13.9. The molecule has 2 heterocycles. The van der Waals surface area contributed by atoms with Gasteiger partial charge in [0.25, 0.3) is 0 Å². The zero-order valence-corrected chi connectivity index (χ0v) is 43.9. The second kappa shape index (κ2) is 17.7. The van der Waals surface area contributed by atoms with Crippen molar-refractivity contribution in [3.05, 3.63) is 313 Å². The van der Waals surface area contributed by atoms with E-state index in [0.29, 0.717) is 0 Å². The van der Waals surface area contributed by atoms with Crippen LogP contribution in [0, 0.1) is 0 Å². The van der Waals surface area contributed by atoms with Crippen molar-refractivity contribution in [2.45, 2.75) is 5.41 Å². The van der Waals surface area contributed by atoms with Gasteiger partial charge in [0, 0.05) is 43.7 Å². The normalized spacial score (nSPS) is 12.8. The summed E-state index contributed by atoms with van der Waals surface area (Å²) < 4.78 is 13.7. The lowest BCUT2D eigenvalue weighted by atomic mass is 9.66.